The van der Waals surface area contributed by atoms with E-state index in [0.29, 0.717) is 13.1 Å². The highest BCUT2D eigenvalue weighted by molar-refractivity contribution is 6.03. The summed E-state index contributed by atoms with van der Waals surface area (Å²) >= 11 is 0. The van der Waals surface area contributed by atoms with Gasteiger partial charge in [0.2, 0.25) is 0 Å². The van der Waals surface area contributed by atoms with Gasteiger partial charge in [-0.25, -0.2) is 5.01 Å². The van der Waals surface area contributed by atoms with Gasteiger partial charge >= 0.3 is 0 Å². The van der Waals surface area contributed by atoms with Crippen LogP contribution in [-0.2, 0) is 0 Å². The maximum atomic E-state index is 7.31. The number of piperidine rings is 1. The second-order valence-corrected chi connectivity index (χ2v) is 10.5. The largest absolute Gasteiger partial charge is 0.354 e. The molecule has 2 atom stereocenters. The zero-order chi connectivity index (χ0) is 24.9. The monoisotopic (exact) mass is 469 g/mol. The van der Waals surface area contributed by atoms with Crippen molar-refractivity contribution in [1.29, 1.82) is 5.41 Å². The highest BCUT2D eigenvalue weighted by atomic mass is 15.4. The Bertz CT molecular complexity index is 869. The van der Waals surface area contributed by atoms with E-state index < -0.39 is 0 Å². The zero-order valence-electron chi connectivity index (χ0n) is 21.8. The molecule has 0 spiro atoms. The first-order valence-electron chi connectivity index (χ1n) is 12.3. The van der Waals surface area contributed by atoms with Gasteiger partial charge < -0.3 is 20.5 Å². The van der Waals surface area contributed by atoms with E-state index in [2.05, 4.69) is 72.0 Å². The molecule has 0 aromatic carbocycles. The average molecular weight is 470 g/mol. The Morgan fingerprint density at radius 3 is 2.59 bits per heavy atom. The van der Waals surface area contributed by atoms with Crippen molar-refractivity contribution >= 4 is 24.3 Å². The number of nitrogens with zero attached hydrogens (tertiary/aromatic N) is 6. The third kappa shape index (κ3) is 6.33. The van der Waals surface area contributed by atoms with Crippen LogP contribution in [0.15, 0.2) is 38.3 Å². The molecule has 188 valence electrons. The average Bonchev–Trinajstić information content (AvgIpc) is 3.23. The van der Waals surface area contributed by atoms with Crippen molar-refractivity contribution in [2.75, 3.05) is 40.3 Å². The van der Waals surface area contributed by atoms with Gasteiger partial charge in [0.25, 0.3) is 0 Å². The number of hydrogen-bond acceptors (Lipinski definition) is 7. The second kappa shape index (κ2) is 11.3. The molecular weight excluding hydrogens is 426 g/mol. The molecule has 1 fully saturated rings. The molecule has 0 radical (unpaired) electrons. The highest BCUT2D eigenvalue weighted by Crippen LogP contribution is 2.34. The van der Waals surface area contributed by atoms with Crippen LogP contribution in [0.3, 0.4) is 0 Å². The maximum Gasteiger partial charge on any atom is 0.199 e. The van der Waals surface area contributed by atoms with Gasteiger partial charge in [-0.15, -0.1) is 0 Å². The molecule has 9 nitrogen and oxygen atoms in total. The minimum atomic E-state index is 0.0678. The number of likely N-dealkylation sites (tertiary alicyclic amines) is 1. The van der Waals surface area contributed by atoms with Crippen molar-refractivity contribution < 1.29 is 0 Å². The lowest BCUT2D eigenvalue weighted by Crippen LogP contribution is -2.55. The third-order valence-corrected chi connectivity index (χ3v) is 7.08. The number of guanidine groups is 1. The SMILES string of the molecule is CN=C(NC(=NC1CC(C(C)(C)C)=CC=C1C)C1CN=CN1C)N1CCC(N(N)CC=N)CC1. The van der Waals surface area contributed by atoms with Crippen molar-refractivity contribution in [3.63, 3.8) is 0 Å². The number of aliphatic imine (C=N–C) groups is 3. The number of amidine groups is 1. The lowest BCUT2D eigenvalue weighted by Gasteiger charge is -2.38. The summed E-state index contributed by atoms with van der Waals surface area (Å²) in [7, 11) is 3.88. The minimum Gasteiger partial charge on any atom is -0.354 e. The van der Waals surface area contributed by atoms with Crippen molar-refractivity contribution in [1.82, 2.24) is 20.1 Å². The molecule has 34 heavy (non-hydrogen) atoms. The molecule has 0 aromatic heterocycles. The summed E-state index contributed by atoms with van der Waals surface area (Å²) in [4.78, 5) is 18.8. The van der Waals surface area contributed by atoms with E-state index in [1.54, 1.807) is 5.01 Å². The Kier molecular flexibility index (Phi) is 8.65. The standard InChI is InChI=1S/C25H43N9/c1-18-7-8-19(25(2,3)4)15-21(18)30-23(22-16-29-17-32(22)6)31-24(28-5)33-12-9-20(10-13-33)34(27)14-11-26/h7-8,11,17,20-22,26H,9-10,12-16,27H2,1-6H3,(H,28,30,31). The smallest absolute Gasteiger partial charge is 0.199 e. The molecule has 2 unspecified atom stereocenters. The molecular formula is C25H43N9. The van der Waals surface area contributed by atoms with Gasteiger partial charge in [0.05, 0.1) is 18.9 Å². The summed E-state index contributed by atoms with van der Waals surface area (Å²) in [6, 6.07) is 0.459. The van der Waals surface area contributed by atoms with Gasteiger partial charge in [0.15, 0.2) is 5.96 Å². The van der Waals surface area contributed by atoms with Crippen molar-refractivity contribution in [2.45, 2.75) is 65.1 Å². The Labute approximate surface area is 205 Å². The summed E-state index contributed by atoms with van der Waals surface area (Å²) in [6.45, 7) is 11.9. The van der Waals surface area contributed by atoms with E-state index in [1.165, 1.54) is 17.4 Å². The lowest BCUT2D eigenvalue weighted by molar-refractivity contribution is 0.154. The van der Waals surface area contributed by atoms with Crippen LogP contribution in [0.25, 0.3) is 0 Å². The van der Waals surface area contributed by atoms with Gasteiger partial charge in [0.1, 0.15) is 11.9 Å². The Hall–Kier alpha value is -2.52. The fraction of sp³-hybridized carbons (Fsp3) is 0.680. The number of nitrogens with one attached hydrogen (secondary N) is 2. The summed E-state index contributed by atoms with van der Waals surface area (Å²) in [5.41, 5.74) is 2.82. The minimum absolute atomic E-state index is 0.0678. The molecule has 0 amide bonds. The number of hydrogen-bond donors (Lipinski definition) is 3. The number of likely N-dealkylation sites (N-methyl/N-ethyl adjacent to an activating group) is 1. The quantitative estimate of drug-likeness (QED) is 0.248. The molecule has 3 aliphatic rings. The van der Waals surface area contributed by atoms with E-state index in [1.807, 2.05) is 13.4 Å². The van der Waals surface area contributed by atoms with Crippen molar-refractivity contribution in [2.24, 2.45) is 26.2 Å². The maximum absolute atomic E-state index is 7.31. The Balaban J connectivity index is 1.77. The first-order valence-corrected chi connectivity index (χ1v) is 12.3. The number of nitrogens with two attached hydrogens (primary N) is 1. The molecule has 1 saturated heterocycles. The third-order valence-electron chi connectivity index (χ3n) is 7.08. The second-order valence-electron chi connectivity index (χ2n) is 10.5. The molecule has 2 heterocycles. The molecule has 3 rings (SSSR count). The molecule has 4 N–H and O–H groups in total. The van der Waals surface area contributed by atoms with E-state index in [4.69, 9.17) is 16.2 Å². The van der Waals surface area contributed by atoms with Gasteiger partial charge in [-0.05, 0) is 37.2 Å². The molecule has 2 aliphatic heterocycles. The Morgan fingerprint density at radius 2 is 2.03 bits per heavy atom. The summed E-state index contributed by atoms with van der Waals surface area (Å²) in [5, 5.41) is 12.7. The van der Waals surface area contributed by atoms with Crippen LogP contribution in [0.5, 0.6) is 0 Å². The topological polar surface area (TPSA) is 109 Å². The predicted molar refractivity (Wildman–Crippen MR) is 143 cm³/mol. The number of hydrazine groups is 1. The number of rotatable bonds is 5. The van der Waals surface area contributed by atoms with Crippen LogP contribution in [0.2, 0.25) is 0 Å². The summed E-state index contributed by atoms with van der Waals surface area (Å²) in [5.74, 6) is 7.88. The van der Waals surface area contributed by atoms with E-state index in [9.17, 15) is 0 Å². The molecule has 0 aromatic rings. The lowest BCUT2D eigenvalue weighted by atomic mass is 9.79. The Morgan fingerprint density at radius 1 is 1.32 bits per heavy atom. The van der Waals surface area contributed by atoms with Crippen LogP contribution < -0.4 is 11.2 Å². The van der Waals surface area contributed by atoms with E-state index in [-0.39, 0.29) is 23.5 Å². The fourth-order valence-corrected chi connectivity index (χ4v) is 4.67. The number of allylic oxidation sites excluding steroid dienone is 2. The highest BCUT2D eigenvalue weighted by Gasteiger charge is 2.30. The van der Waals surface area contributed by atoms with Crippen molar-refractivity contribution in [3.05, 3.63) is 23.3 Å². The fourth-order valence-electron chi connectivity index (χ4n) is 4.67. The van der Waals surface area contributed by atoms with Gasteiger partial charge in [-0.2, -0.15) is 0 Å². The van der Waals surface area contributed by atoms with Crippen LogP contribution in [0.4, 0.5) is 0 Å². The van der Waals surface area contributed by atoms with Gasteiger partial charge in [-0.1, -0.05) is 38.5 Å². The van der Waals surface area contributed by atoms with Crippen molar-refractivity contribution in [3.8, 4) is 0 Å². The van der Waals surface area contributed by atoms with Crippen LogP contribution in [0.1, 0.15) is 47.0 Å². The van der Waals surface area contributed by atoms with E-state index >= 15 is 0 Å². The first kappa shape index (κ1) is 26.1. The predicted octanol–water partition coefficient (Wildman–Crippen LogP) is 2.28. The molecule has 9 heteroatoms. The summed E-state index contributed by atoms with van der Waals surface area (Å²) in [6.07, 6.45) is 10.5. The van der Waals surface area contributed by atoms with Crippen LogP contribution in [-0.4, -0.2) is 97.6 Å². The van der Waals surface area contributed by atoms with Crippen LogP contribution in [0, 0.1) is 10.8 Å². The van der Waals surface area contributed by atoms with Crippen LogP contribution >= 0.6 is 0 Å². The molecule has 1 aliphatic carbocycles. The molecule has 0 saturated carbocycles. The zero-order valence-corrected chi connectivity index (χ0v) is 21.8. The first-order chi connectivity index (χ1) is 16.1. The van der Waals surface area contributed by atoms with Gasteiger partial charge in [0, 0.05) is 46.0 Å². The molecule has 0 bridgehead atoms. The van der Waals surface area contributed by atoms with E-state index in [0.717, 1.165) is 44.1 Å². The normalized spacial score (nSPS) is 25.1. The van der Waals surface area contributed by atoms with Gasteiger partial charge in [-0.3, -0.25) is 20.8 Å². The summed E-state index contributed by atoms with van der Waals surface area (Å²) < 4.78 is 0.